The molecular weight excluding hydrogens is 158 g/mol. The van der Waals surface area contributed by atoms with E-state index in [9.17, 15) is 0 Å². The quantitative estimate of drug-likeness (QED) is 0.572. The third-order valence-corrected chi connectivity index (χ3v) is 3.05. The van der Waals surface area contributed by atoms with Gasteiger partial charge in [0.15, 0.2) is 0 Å². The summed E-state index contributed by atoms with van der Waals surface area (Å²) in [6.45, 7) is 4.63. The van der Waals surface area contributed by atoms with E-state index in [0.717, 1.165) is 5.92 Å². The fraction of sp³-hybridized carbons (Fsp3) is 0.917. The van der Waals surface area contributed by atoms with Crippen LogP contribution in [-0.4, -0.2) is 12.3 Å². The van der Waals surface area contributed by atoms with Crippen molar-refractivity contribution in [1.29, 1.82) is 0 Å². The molecule has 1 nitrogen and oxygen atoms in total. The second-order valence-corrected chi connectivity index (χ2v) is 4.30. The zero-order chi connectivity index (χ0) is 9.52. The van der Waals surface area contributed by atoms with Crippen LogP contribution in [0.5, 0.6) is 0 Å². The van der Waals surface area contributed by atoms with Crippen molar-refractivity contribution < 1.29 is 0 Å². The van der Waals surface area contributed by atoms with Crippen LogP contribution < -0.4 is 0 Å². The molecule has 0 N–H and O–H groups in total. The summed E-state index contributed by atoms with van der Waals surface area (Å²) in [4.78, 5) is 4.58. The Kier molecular flexibility index (Phi) is 5.10. The van der Waals surface area contributed by atoms with Gasteiger partial charge >= 0.3 is 0 Å². The van der Waals surface area contributed by atoms with Crippen LogP contribution in [0.3, 0.4) is 0 Å². The number of hydrogen-bond donors (Lipinski definition) is 0. The maximum Gasteiger partial charge on any atom is 0.0521 e. The van der Waals surface area contributed by atoms with Crippen LogP contribution in [0.2, 0.25) is 0 Å². The standard InChI is InChI=1S/C12H23N/c1-3-4-5-8-11(2)12-9-6-7-10-13-12/h10-12H,3-9H2,1-2H3. The average molecular weight is 181 g/mol. The van der Waals surface area contributed by atoms with E-state index >= 15 is 0 Å². The maximum atomic E-state index is 4.58. The number of aliphatic imine (C=N–C) groups is 1. The van der Waals surface area contributed by atoms with Crippen molar-refractivity contribution in [2.24, 2.45) is 10.9 Å². The third kappa shape index (κ3) is 3.93. The van der Waals surface area contributed by atoms with E-state index in [0.29, 0.717) is 6.04 Å². The zero-order valence-electron chi connectivity index (χ0n) is 9.13. The molecule has 76 valence electrons. The van der Waals surface area contributed by atoms with E-state index in [4.69, 9.17) is 0 Å². The highest BCUT2D eigenvalue weighted by Gasteiger charge is 2.16. The van der Waals surface area contributed by atoms with Crippen molar-refractivity contribution in [3.8, 4) is 0 Å². The van der Waals surface area contributed by atoms with Gasteiger partial charge in [-0.05, 0) is 37.8 Å². The van der Waals surface area contributed by atoms with Crippen molar-refractivity contribution in [3.63, 3.8) is 0 Å². The lowest BCUT2D eigenvalue weighted by molar-refractivity contribution is 0.381. The van der Waals surface area contributed by atoms with Crippen LogP contribution in [0.1, 0.15) is 58.8 Å². The largest absolute Gasteiger partial charge is 0.294 e. The Labute approximate surface area is 82.6 Å². The predicted molar refractivity (Wildman–Crippen MR) is 59.4 cm³/mol. The molecule has 0 bridgehead atoms. The minimum atomic E-state index is 0.644. The monoisotopic (exact) mass is 181 g/mol. The first kappa shape index (κ1) is 10.7. The van der Waals surface area contributed by atoms with E-state index in [2.05, 4.69) is 25.1 Å². The molecule has 13 heavy (non-hydrogen) atoms. The van der Waals surface area contributed by atoms with Crippen LogP contribution >= 0.6 is 0 Å². The van der Waals surface area contributed by atoms with E-state index in [1.807, 2.05) is 0 Å². The van der Waals surface area contributed by atoms with Crippen LogP contribution in [0, 0.1) is 5.92 Å². The van der Waals surface area contributed by atoms with Crippen LogP contribution in [-0.2, 0) is 0 Å². The molecule has 0 spiro atoms. The molecule has 0 fully saturated rings. The lowest BCUT2D eigenvalue weighted by Gasteiger charge is -2.22. The van der Waals surface area contributed by atoms with Crippen LogP contribution in [0.25, 0.3) is 0 Å². The Morgan fingerprint density at radius 2 is 2.31 bits per heavy atom. The summed E-state index contributed by atoms with van der Waals surface area (Å²) in [6.07, 6.45) is 11.5. The van der Waals surface area contributed by atoms with Gasteiger partial charge in [0.05, 0.1) is 6.04 Å². The number of hydrogen-bond acceptors (Lipinski definition) is 1. The van der Waals surface area contributed by atoms with Crippen LogP contribution in [0.4, 0.5) is 0 Å². The van der Waals surface area contributed by atoms with Gasteiger partial charge < -0.3 is 0 Å². The molecule has 1 rings (SSSR count). The molecule has 2 unspecified atom stereocenters. The predicted octanol–water partition coefficient (Wildman–Crippen LogP) is 3.83. The van der Waals surface area contributed by atoms with Gasteiger partial charge in [0.2, 0.25) is 0 Å². The Bertz CT molecular complexity index is 151. The van der Waals surface area contributed by atoms with Crippen molar-refractivity contribution in [2.45, 2.75) is 64.8 Å². The average Bonchev–Trinajstić information content (AvgIpc) is 2.19. The van der Waals surface area contributed by atoms with Crippen molar-refractivity contribution in [1.82, 2.24) is 0 Å². The molecule has 0 aromatic carbocycles. The van der Waals surface area contributed by atoms with Gasteiger partial charge in [0.25, 0.3) is 0 Å². The van der Waals surface area contributed by atoms with Gasteiger partial charge in [-0.3, -0.25) is 4.99 Å². The highest BCUT2D eigenvalue weighted by atomic mass is 14.8. The van der Waals surface area contributed by atoms with Crippen molar-refractivity contribution in [2.75, 3.05) is 0 Å². The second-order valence-electron chi connectivity index (χ2n) is 4.30. The van der Waals surface area contributed by atoms with E-state index in [1.165, 1.54) is 44.9 Å². The molecule has 0 aromatic rings. The number of rotatable bonds is 5. The molecule has 0 saturated carbocycles. The molecule has 0 radical (unpaired) electrons. The van der Waals surface area contributed by atoms with Gasteiger partial charge in [-0.2, -0.15) is 0 Å². The molecule has 1 heterocycles. The van der Waals surface area contributed by atoms with E-state index < -0.39 is 0 Å². The summed E-state index contributed by atoms with van der Waals surface area (Å²) in [6, 6.07) is 0.644. The molecule has 0 aliphatic carbocycles. The first-order valence-electron chi connectivity index (χ1n) is 5.86. The summed E-state index contributed by atoms with van der Waals surface area (Å²) in [7, 11) is 0. The molecule has 1 heteroatoms. The van der Waals surface area contributed by atoms with E-state index in [1.54, 1.807) is 0 Å². The Morgan fingerprint density at radius 3 is 2.92 bits per heavy atom. The minimum absolute atomic E-state index is 0.644. The summed E-state index contributed by atoms with van der Waals surface area (Å²) in [5, 5.41) is 0. The first-order valence-corrected chi connectivity index (χ1v) is 5.86. The lowest BCUT2D eigenvalue weighted by Crippen LogP contribution is -2.18. The topological polar surface area (TPSA) is 12.4 Å². The van der Waals surface area contributed by atoms with Crippen molar-refractivity contribution >= 4 is 6.21 Å². The van der Waals surface area contributed by atoms with Gasteiger partial charge in [-0.25, -0.2) is 0 Å². The fourth-order valence-electron chi connectivity index (χ4n) is 2.04. The van der Waals surface area contributed by atoms with Gasteiger partial charge in [0.1, 0.15) is 0 Å². The summed E-state index contributed by atoms with van der Waals surface area (Å²) in [5.74, 6) is 0.808. The fourth-order valence-corrected chi connectivity index (χ4v) is 2.04. The molecule has 0 aromatic heterocycles. The third-order valence-electron chi connectivity index (χ3n) is 3.05. The smallest absolute Gasteiger partial charge is 0.0521 e. The Balaban J connectivity index is 2.17. The van der Waals surface area contributed by atoms with Gasteiger partial charge in [-0.15, -0.1) is 0 Å². The Hall–Kier alpha value is -0.330. The molecule has 1 aliphatic rings. The number of unbranched alkanes of at least 4 members (excludes halogenated alkanes) is 2. The highest BCUT2D eigenvalue weighted by Crippen LogP contribution is 2.22. The lowest BCUT2D eigenvalue weighted by atomic mass is 9.91. The summed E-state index contributed by atoms with van der Waals surface area (Å²) < 4.78 is 0. The minimum Gasteiger partial charge on any atom is -0.294 e. The number of nitrogens with zero attached hydrogens (tertiary/aromatic N) is 1. The molecule has 0 saturated heterocycles. The SMILES string of the molecule is CCCCCC(C)C1CCCC=N1. The molecule has 2 atom stereocenters. The Morgan fingerprint density at radius 1 is 1.46 bits per heavy atom. The van der Waals surface area contributed by atoms with Gasteiger partial charge in [0, 0.05) is 0 Å². The van der Waals surface area contributed by atoms with Crippen molar-refractivity contribution in [3.05, 3.63) is 0 Å². The normalized spacial score (nSPS) is 24.6. The second kappa shape index (κ2) is 6.17. The van der Waals surface area contributed by atoms with Gasteiger partial charge in [-0.1, -0.05) is 33.1 Å². The highest BCUT2D eigenvalue weighted by molar-refractivity contribution is 5.58. The van der Waals surface area contributed by atoms with Crippen LogP contribution in [0.15, 0.2) is 4.99 Å². The first-order chi connectivity index (χ1) is 6.34. The zero-order valence-corrected chi connectivity index (χ0v) is 9.13. The molecule has 1 aliphatic heterocycles. The molecular formula is C12H23N. The summed E-state index contributed by atoms with van der Waals surface area (Å²) >= 11 is 0. The van der Waals surface area contributed by atoms with E-state index in [-0.39, 0.29) is 0 Å². The summed E-state index contributed by atoms with van der Waals surface area (Å²) in [5.41, 5.74) is 0. The molecule has 0 amide bonds. The maximum absolute atomic E-state index is 4.58.